The van der Waals surface area contributed by atoms with Crippen LogP contribution >= 0.6 is 0 Å². The first-order chi connectivity index (χ1) is 12.8. The molecule has 0 unspecified atom stereocenters. The van der Waals surface area contributed by atoms with Crippen molar-refractivity contribution in [3.63, 3.8) is 0 Å². The zero-order chi connectivity index (χ0) is 17.3. The Morgan fingerprint density at radius 1 is 0.846 bits per heavy atom. The predicted molar refractivity (Wildman–Crippen MR) is 103 cm³/mol. The van der Waals surface area contributed by atoms with E-state index in [0.29, 0.717) is 19.1 Å². The molecule has 0 N–H and O–H groups in total. The largest absolute Gasteiger partial charge is 0.486 e. The lowest BCUT2D eigenvalue weighted by atomic mass is 9.88. The van der Waals surface area contributed by atoms with Crippen molar-refractivity contribution in [2.24, 2.45) is 5.92 Å². The number of piperidine rings is 1. The standard InChI is InChI=1S/C23H27NO2/c1-2-4-20-14-17(13-19(20)3-1)16-24-9-7-18(8-10-24)21-5-6-22-23(15-21)26-12-11-25-22/h1-6,15,17-18H,7-14,16H2. The van der Waals surface area contributed by atoms with Crippen molar-refractivity contribution in [3.8, 4) is 11.5 Å². The maximum absolute atomic E-state index is 5.76. The molecule has 5 rings (SSSR count). The van der Waals surface area contributed by atoms with Gasteiger partial charge in [0.1, 0.15) is 13.2 Å². The molecule has 1 saturated heterocycles. The van der Waals surface area contributed by atoms with Crippen LogP contribution in [0.25, 0.3) is 0 Å². The average Bonchev–Trinajstić information content (AvgIpc) is 3.10. The molecule has 3 aliphatic rings. The molecule has 2 aromatic rings. The average molecular weight is 349 g/mol. The van der Waals surface area contributed by atoms with Crippen LogP contribution in [0.5, 0.6) is 11.5 Å². The van der Waals surface area contributed by atoms with E-state index in [1.807, 2.05) is 0 Å². The van der Waals surface area contributed by atoms with Crippen LogP contribution < -0.4 is 9.47 Å². The maximum Gasteiger partial charge on any atom is 0.161 e. The van der Waals surface area contributed by atoms with Crippen molar-refractivity contribution in [3.05, 3.63) is 59.2 Å². The molecule has 136 valence electrons. The zero-order valence-electron chi connectivity index (χ0n) is 15.3. The maximum atomic E-state index is 5.76. The highest BCUT2D eigenvalue weighted by atomic mass is 16.6. The molecule has 3 nitrogen and oxygen atoms in total. The topological polar surface area (TPSA) is 21.7 Å². The van der Waals surface area contributed by atoms with Gasteiger partial charge in [0.15, 0.2) is 11.5 Å². The van der Waals surface area contributed by atoms with Crippen molar-refractivity contribution in [1.82, 2.24) is 4.90 Å². The summed E-state index contributed by atoms with van der Waals surface area (Å²) in [6.45, 7) is 5.01. The van der Waals surface area contributed by atoms with Crippen LogP contribution in [-0.2, 0) is 12.8 Å². The summed E-state index contributed by atoms with van der Waals surface area (Å²) >= 11 is 0. The Balaban J connectivity index is 1.17. The van der Waals surface area contributed by atoms with E-state index < -0.39 is 0 Å². The number of nitrogens with zero attached hydrogens (tertiary/aromatic N) is 1. The fraction of sp³-hybridized carbons (Fsp3) is 0.478. The van der Waals surface area contributed by atoms with E-state index in [1.54, 1.807) is 11.1 Å². The minimum atomic E-state index is 0.655. The molecular weight excluding hydrogens is 322 g/mol. The van der Waals surface area contributed by atoms with E-state index in [4.69, 9.17) is 9.47 Å². The molecule has 0 atom stereocenters. The highest BCUT2D eigenvalue weighted by molar-refractivity contribution is 5.45. The number of benzene rings is 2. The third kappa shape index (κ3) is 3.21. The van der Waals surface area contributed by atoms with Crippen LogP contribution in [0.1, 0.15) is 35.4 Å². The summed E-state index contributed by atoms with van der Waals surface area (Å²) in [4.78, 5) is 2.69. The lowest BCUT2D eigenvalue weighted by Crippen LogP contribution is -2.36. The fourth-order valence-electron chi connectivity index (χ4n) is 4.91. The molecule has 0 amide bonds. The van der Waals surface area contributed by atoms with Crippen molar-refractivity contribution in [2.75, 3.05) is 32.8 Å². The summed E-state index contributed by atoms with van der Waals surface area (Å²) in [5.74, 6) is 3.29. The summed E-state index contributed by atoms with van der Waals surface area (Å²) < 4.78 is 11.4. The van der Waals surface area contributed by atoms with Crippen molar-refractivity contribution in [2.45, 2.75) is 31.6 Å². The number of hydrogen-bond acceptors (Lipinski definition) is 3. The molecular formula is C23H27NO2. The molecule has 2 aliphatic heterocycles. The Kier molecular flexibility index (Phi) is 4.33. The van der Waals surface area contributed by atoms with E-state index in [-0.39, 0.29) is 0 Å². The highest BCUT2D eigenvalue weighted by Crippen LogP contribution is 2.37. The number of likely N-dealkylation sites (tertiary alicyclic amines) is 1. The summed E-state index contributed by atoms with van der Waals surface area (Å²) in [6.07, 6.45) is 5.02. The summed E-state index contributed by atoms with van der Waals surface area (Å²) in [6, 6.07) is 15.5. The van der Waals surface area contributed by atoms with E-state index in [2.05, 4.69) is 47.4 Å². The normalized spacial score (nSPS) is 20.9. The van der Waals surface area contributed by atoms with E-state index >= 15 is 0 Å². The van der Waals surface area contributed by atoms with E-state index in [9.17, 15) is 0 Å². The predicted octanol–water partition coefficient (Wildman–Crippen LogP) is 4.05. The van der Waals surface area contributed by atoms with Crippen molar-refractivity contribution in [1.29, 1.82) is 0 Å². The Labute approximate surface area is 155 Å². The Morgan fingerprint density at radius 3 is 2.27 bits per heavy atom. The van der Waals surface area contributed by atoms with Gasteiger partial charge < -0.3 is 14.4 Å². The van der Waals surface area contributed by atoms with Gasteiger partial charge in [-0.05, 0) is 79.4 Å². The molecule has 0 aromatic heterocycles. The van der Waals surface area contributed by atoms with Gasteiger partial charge in [-0.1, -0.05) is 30.3 Å². The molecule has 0 spiro atoms. The third-order valence-corrected chi connectivity index (χ3v) is 6.28. The first kappa shape index (κ1) is 16.2. The second-order valence-electron chi connectivity index (χ2n) is 8.02. The zero-order valence-corrected chi connectivity index (χ0v) is 15.3. The summed E-state index contributed by atoms with van der Waals surface area (Å²) in [5.41, 5.74) is 4.56. The van der Waals surface area contributed by atoms with Gasteiger partial charge in [0, 0.05) is 6.54 Å². The molecule has 1 fully saturated rings. The molecule has 3 heteroatoms. The van der Waals surface area contributed by atoms with Gasteiger partial charge in [-0.3, -0.25) is 0 Å². The lowest BCUT2D eigenvalue weighted by molar-refractivity contribution is 0.170. The lowest BCUT2D eigenvalue weighted by Gasteiger charge is -2.34. The van der Waals surface area contributed by atoms with Crippen LogP contribution in [0.3, 0.4) is 0 Å². The third-order valence-electron chi connectivity index (χ3n) is 6.28. The summed E-state index contributed by atoms with van der Waals surface area (Å²) in [7, 11) is 0. The number of rotatable bonds is 3. The van der Waals surface area contributed by atoms with Gasteiger partial charge in [-0.15, -0.1) is 0 Å². The van der Waals surface area contributed by atoms with Gasteiger partial charge in [-0.25, -0.2) is 0 Å². The Hall–Kier alpha value is -2.00. The first-order valence-corrected chi connectivity index (χ1v) is 10.0. The molecule has 2 aromatic carbocycles. The van der Waals surface area contributed by atoms with Crippen LogP contribution in [-0.4, -0.2) is 37.7 Å². The Bertz CT molecular complexity index is 755. The highest BCUT2D eigenvalue weighted by Gasteiger charge is 2.27. The van der Waals surface area contributed by atoms with E-state index in [1.165, 1.54) is 50.9 Å². The van der Waals surface area contributed by atoms with Crippen LogP contribution in [0.2, 0.25) is 0 Å². The van der Waals surface area contributed by atoms with Crippen LogP contribution in [0.15, 0.2) is 42.5 Å². The molecule has 0 radical (unpaired) electrons. The second-order valence-corrected chi connectivity index (χ2v) is 8.02. The number of ether oxygens (including phenoxy) is 2. The number of fused-ring (bicyclic) bond motifs is 2. The van der Waals surface area contributed by atoms with Crippen molar-refractivity contribution >= 4 is 0 Å². The first-order valence-electron chi connectivity index (χ1n) is 10.0. The van der Waals surface area contributed by atoms with Gasteiger partial charge in [-0.2, -0.15) is 0 Å². The molecule has 0 bridgehead atoms. The monoisotopic (exact) mass is 349 g/mol. The molecule has 26 heavy (non-hydrogen) atoms. The number of hydrogen-bond donors (Lipinski definition) is 0. The van der Waals surface area contributed by atoms with Gasteiger partial charge in [0.25, 0.3) is 0 Å². The quantitative estimate of drug-likeness (QED) is 0.834. The van der Waals surface area contributed by atoms with Crippen LogP contribution in [0, 0.1) is 5.92 Å². The smallest absolute Gasteiger partial charge is 0.161 e. The SMILES string of the molecule is c1ccc2c(c1)CC(CN1CCC(c3ccc4c(c3)OCCO4)CC1)C2. The molecule has 2 heterocycles. The van der Waals surface area contributed by atoms with Crippen molar-refractivity contribution < 1.29 is 9.47 Å². The van der Waals surface area contributed by atoms with E-state index in [0.717, 1.165) is 17.4 Å². The second kappa shape index (κ2) is 6.96. The van der Waals surface area contributed by atoms with Crippen LogP contribution in [0.4, 0.5) is 0 Å². The minimum absolute atomic E-state index is 0.655. The minimum Gasteiger partial charge on any atom is -0.486 e. The summed E-state index contributed by atoms with van der Waals surface area (Å²) in [5, 5.41) is 0. The molecule has 0 saturated carbocycles. The molecule has 1 aliphatic carbocycles. The van der Waals surface area contributed by atoms with Gasteiger partial charge in [0.2, 0.25) is 0 Å². The van der Waals surface area contributed by atoms with Gasteiger partial charge >= 0.3 is 0 Å². The fourth-order valence-corrected chi connectivity index (χ4v) is 4.91. The van der Waals surface area contributed by atoms with Gasteiger partial charge in [0.05, 0.1) is 0 Å². The Morgan fingerprint density at radius 2 is 1.54 bits per heavy atom.